The molecule has 2 rings (SSSR count). The van der Waals surface area contributed by atoms with E-state index in [0.717, 1.165) is 31.3 Å². The number of carbonyl (C=O) groups is 1. The summed E-state index contributed by atoms with van der Waals surface area (Å²) < 4.78 is 0. The van der Waals surface area contributed by atoms with Crippen LogP contribution in [0.15, 0.2) is 23.8 Å². The molecule has 1 saturated carbocycles. The summed E-state index contributed by atoms with van der Waals surface area (Å²) in [6, 6.07) is 0. The summed E-state index contributed by atoms with van der Waals surface area (Å²) >= 11 is 0. The zero-order valence-corrected chi connectivity index (χ0v) is 7.05. The monoisotopic (exact) mass is 163 g/mol. The SMILES string of the molecule is NC(=O)C1(C2=CCCC=C2)CC1. The Kier molecular flexibility index (Phi) is 1.56. The predicted molar refractivity (Wildman–Crippen MR) is 47.3 cm³/mol. The molecule has 0 aromatic rings. The zero-order chi connectivity index (χ0) is 8.60. The lowest BCUT2D eigenvalue weighted by Crippen LogP contribution is -2.26. The van der Waals surface area contributed by atoms with E-state index in [-0.39, 0.29) is 11.3 Å². The third kappa shape index (κ3) is 0.986. The Morgan fingerprint density at radius 3 is 2.58 bits per heavy atom. The van der Waals surface area contributed by atoms with Crippen LogP contribution in [0.25, 0.3) is 0 Å². The normalized spacial score (nSPS) is 24.8. The summed E-state index contributed by atoms with van der Waals surface area (Å²) in [5.41, 5.74) is 6.24. The van der Waals surface area contributed by atoms with E-state index < -0.39 is 0 Å². The lowest BCUT2D eigenvalue weighted by atomic mass is 9.91. The van der Waals surface area contributed by atoms with Crippen LogP contribution >= 0.6 is 0 Å². The highest BCUT2D eigenvalue weighted by Crippen LogP contribution is 2.52. The van der Waals surface area contributed by atoms with Crippen LogP contribution in [0, 0.1) is 5.41 Å². The molecule has 2 aliphatic rings. The van der Waals surface area contributed by atoms with E-state index in [1.165, 1.54) is 0 Å². The van der Waals surface area contributed by atoms with Crippen molar-refractivity contribution in [3.05, 3.63) is 23.8 Å². The van der Waals surface area contributed by atoms with E-state index >= 15 is 0 Å². The molecule has 0 aromatic heterocycles. The van der Waals surface area contributed by atoms with Crippen LogP contribution in [0.3, 0.4) is 0 Å². The zero-order valence-electron chi connectivity index (χ0n) is 7.05. The quantitative estimate of drug-likeness (QED) is 0.659. The highest BCUT2D eigenvalue weighted by Gasteiger charge is 2.50. The van der Waals surface area contributed by atoms with Crippen LogP contribution in [-0.2, 0) is 4.79 Å². The number of hydrogen-bond donors (Lipinski definition) is 1. The molecule has 2 aliphatic carbocycles. The van der Waals surface area contributed by atoms with E-state index in [9.17, 15) is 4.79 Å². The van der Waals surface area contributed by atoms with Gasteiger partial charge in [0.15, 0.2) is 0 Å². The Morgan fingerprint density at radius 1 is 1.42 bits per heavy atom. The van der Waals surface area contributed by atoms with Crippen molar-refractivity contribution in [2.24, 2.45) is 11.1 Å². The smallest absolute Gasteiger partial charge is 0.228 e. The molecule has 0 bridgehead atoms. The van der Waals surface area contributed by atoms with Crippen molar-refractivity contribution < 1.29 is 4.79 Å². The molecule has 0 heterocycles. The van der Waals surface area contributed by atoms with E-state index in [4.69, 9.17) is 5.73 Å². The van der Waals surface area contributed by atoms with Crippen LogP contribution < -0.4 is 5.73 Å². The average Bonchev–Trinajstić information content (AvgIpc) is 2.86. The van der Waals surface area contributed by atoms with E-state index in [2.05, 4.69) is 18.2 Å². The predicted octanol–water partition coefficient (Wildman–Crippen LogP) is 1.53. The molecule has 0 spiro atoms. The maximum Gasteiger partial charge on any atom is 0.228 e. The minimum atomic E-state index is -0.267. The Hall–Kier alpha value is -1.05. The molecule has 1 fully saturated rings. The van der Waals surface area contributed by atoms with Crippen molar-refractivity contribution in [2.45, 2.75) is 25.7 Å². The number of allylic oxidation sites excluding steroid dienone is 3. The van der Waals surface area contributed by atoms with Crippen molar-refractivity contribution in [3.63, 3.8) is 0 Å². The van der Waals surface area contributed by atoms with Crippen LogP contribution in [-0.4, -0.2) is 5.91 Å². The summed E-state index contributed by atoms with van der Waals surface area (Å²) in [5, 5.41) is 0. The summed E-state index contributed by atoms with van der Waals surface area (Å²) in [4.78, 5) is 11.1. The fourth-order valence-electron chi connectivity index (χ4n) is 1.77. The van der Waals surface area contributed by atoms with Crippen LogP contribution in [0.2, 0.25) is 0 Å². The first-order valence-electron chi connectivity index (χ1n) is 4.43. The van der Waals surface area contributed by atoms with Gasteiger partial charge in [0, 0.05) is 0 Å². The van der Waals surface area contributed by atoms with Gasteiger partial charge in [0.2, 0.25) is 5.91 Å². The van der Waals surface area contributed by atoms with Gasteiger partial charge in [-0.1, -0.05) is 18.2 Å². The third-order valence-electron chi connectivity index (χ3n) is 2.77. The second-order valence-electron chi connectivity index (χ2n) is 3.59. The number of rotatable bonds is 2. The molecule has 2 N–H and O–H groups in total. The Labute approximate surface area is 72.1 Å². The minimum absolute atomic E-state index is 0.152. The van der Waals surface area contributed by atoms with Gasteiger partial charge >= 0.3 is 0 Å². The first-order valence-corrected chi connectivity index (χ1v) is 4.43. The summed E-state index contributed by atoms with van der Waals surface area (Å²) in [5.74, 6) is -0.152. The first kappa shape index (κ1) is 7.59. The van der Waals surface area contributed by atoms with Gasteiger partial charge < -0.3 is 5.73 Å². The summed E-state index contributed by atoms with van der Waals surface area (Å²) in [7, 11) is 0. The number of nitrogens with two attached hydrogens (primary N) is 1. The second-order valence-corrected chi connectivity index (χ2v) is 3.59. The van der Waals surface area contributed by atoms with Crippen molar-refractivity contribution in [1.82, 2.24) is 0 Å². The molecule has 0 unspecified atom stereocenters. The molecule has 2 heteroatoms. The molecule has 0 atom stereocenters. The van der Waals surface area contributed by atoms with E-state index in [1.807, 2.05) is 0 Å². The first-order chi connectivity index (χ1) is 5.76. The second kappa shape index (κ2) is 2.47. The van der Waals surface area contributed by atoms with Crippen molar-refractivity contribution in [1.29, 1.82) is 0 Å². The van der Waals surface area contributed by atoms with Crippen LogP contribution in [0.5, 0.6) is 0 Å². The van der Waals surface area contributed by atoms with Gasteiger partial charge in [-0.25, -0.2) is 0 Å². The summed E-state index contributed by atoms with van der Waals surface area (Å²) in [6.07, 6.45) is 10.4. The number of hydrogen-bond acceptors (Lipinski definition) is 1. The summed E-state index contributed by atoms with van der Waals surface area (Å²) in [6.45, 7) is 0. The van der Waals surface area contributed by atoms with Gasteiger partial charge in [-0.15, -0.1) is 0 Å². The van der Waals surface area contributed by atoms with Gasteiger partial charge in [0.05, 0.1) is 5.41 Å². The number of amides is 1. The van der Waals surface area contributed by atoms with Gasteiger partial charge in [-0.05, 0) is 31.3 Å². The van der Waals surface area contributed by atoms with Crippen molar-refractivity contribution >= 4 is 5.91 Å². The topological polar surface area (TPSA) is 43.1 Å². The highest BCUT2D eigenvalue weighted by atomic mass is 16.1. The van der Waals surface area contributed by atoms with Gasteiger partial charge in [0.25, 0.3) is 0 Å². The lowest BCUT2D eigenvalue weighted by Gasteiger charge is -2.14. The maximum absolute atomic E-state index is 11.1. The number of primary amides is 1. The van der Waals surface area contributed by atoms with Gasteiger partial charge in [0.1, 0.15) is 0 Å². The van der Waals surface area contributed by atoms with Gasteiger partial charge in [-0.3, -0.25) is 4.79 Å². The molecular weight excluding hydrogens is 150 g/mol. The molecule has 12 heavy (non-hydrogen) atoms. The molecule has 0 aromatic carbocycles. The van der Waals surface area contributed by atoms with Crippen molar-refractivity contribution in [3.8, 4) is 0 Å². The highest BCUT2D eigenvalue weighted by molar-refractivity contribution is 5.88. The maximum atomic E-state index is 11.1. The molecule has 2 nitrogen and oxygen atoms in total. The van der Waals surface area contributed by atoms with Crippen LogP contribution in [0.4, 0.5) is 0 Å². The van der Waals surface area contributed by atoms with Crippen LogP contribution in [0.1, 0.15) is 25.7 Å². The lowest BCUT2D eigenvalue weighted by molar-refractivity contribution is -0.121. The molecule has 64 valence electrons. The largest absolute Gasteiger partial charge is 0.369 e. The standard InChI is InChI=1S/C10H13NO/c11-9(12)10(6-7-10)8-4-2-1-3-5-8/h2,4-5H,1,3,6-7H2,(H2,11,12). The molecule has 0 radical (unpaired) electrons. The Balaban J connectivity index is 2.24. The molecule has 0 aliphatic heterocycles. The van der Waals surface area contributed by atoms with Crippen molar-refractivity contribution in [2.75, 3.05) is 0 Å². The molecule has 0 saturated heterocycles. The third-order valence-corrected chi connectivity index (χ3v) is 2.77. The Morgan fingerprint density at radius 2 is 2.17 bits per heavy atom. The fourth-order valence-corrected chi connectivity index (χ4v) is 1.77. The molecular formula is C10H13NO. The van der Waals surface area contributed by atoms with Gasteiger partial charge in [-0.2, -0.15) is 0 Å². The molecule has 1 amide bonds. The minimum Gasteiger partial charge on any atom is -0.369 e. The Bertz CT molecular complexity index is 272. The van der Waals surface area contributed by atoms with E-state index in [1.54, 1.807) is 0 Å². The number of carbonyl (C=O) groups excluding carboxylic acids is 1. The fraction of sp³-hybridized carbons (Fsp3) is 0.500. The van der Waals surface area contributed by atoms with E-state index in [0.29, 0.717) is 0 Å². The average molecular weight is 163 g/mol.